The number of hydrazine groups is 1. The van der Waals surface area contributed by atoms with Crippen molar-refractivity contribution in [1.82, 2.24) is 10.4 Å². The predicted molar refractivity (Wildman–Crippen MR) is 59.8 cm³/mol. The van der Waals surface area contributed by atoms with Gasteiger partial charge in [-0.2, -0.15) is 0 Å². The van der Waals surface area contributed by atoms with Crippen molar-refractivity contribution in [1.29, 1.82) is 0 Å². The zero-order valence-corrected chi connectivity index (χ0v) is 10.1. The third-order valence-corrected chi connectivity index (χ3v) is 2.34. The van der Waals surface area contributed by atoms with E-state index >= 15 is 0 Å². The summed E-state index contributed by atoms with van der Waals surface area (Å²) in [7, 11) is 0. The first kappa shape index (κ1) is 13.7. The molecule has 0 aliphatic rings. The van der Waals surface area contributed by atoms with Crippen LogP contribution in [0.25, 0.3) is 0 Å². The topological polar surface area (TPSA) is 49.4 Å². The van der Waals surface area contributed by atoms with Gasteiger partial charge in [0.05, 0.1) is 5.54 Å². The summed E-state index contributed by atoms with van der Waals surface area (Å²) in [6.45, 7) is 8.59. The SMILES string of the molecule is C/C=C/C(C)(CC)N(NC(C)=O)C(C)=O. The van der Waals surface area contributed by atoms with Gasteiger partial charge < -0.3 is 0 Å². The fraction of sp³-hybridized carbons (Fsp3) is 0.636. The second-order valence-corrected chi connectivity index (χ2v) is 3.73. The minimum atomic E-state index is -0.466. The zero-order chi connectivity index (χ0) is 12.1. The maximum atomic E-state index is 11.4. The number of rotatable bonds is 3. The summed E-state index contributed by atoms with van der Waals surface area (Å²) in [5.74, 6) is -0.415. The monoisotopic (exact) mass is 212 g/mol. The van der Waals surface area contributed by atoms with Crippen molar-refractivity contribution in [2.24, 2.45) is 0 Å². The molecule has 0 aromatic rings. The number of carbonyl (C=O) groups excluding carboxylic acids is 2. The van der Waals surface area contributed by atoms with Crippen LogP contribution in [0.5, 0.6) is 0 Å². The molecule has 0 aromatic heterocycles. The number of allylic oxidation sites excluding steroid dienone is 1. The molecule has 4 heteroatoms. The van der Waals surface area contributed by atoms with E-state index in [2.05, 4.69) is 5.43 Å². The van der Waals surface area contributed by atoms with Crippen LogP contribution in [0.3, 0.4) is 0 Å². The molecule has 1 atom stereocenters. The molecule has 0 bridgehead atoms. The normalized spacial score (nSPS) is 14.7. The highest BCUT2D eigenvalue weighted by Gasteiger charge is 2.30. The fourth-order valence-electron chi connectivity index (χ4n) is 1.43. The van der Waals surface area contributed by atoms with Crippen molar-refractivity contribution >= 4 is 11.8 Å². The quantitative estimate of drug-likeness (QED) is 0.571. The van der Waals surface area contributed by atoms with Crippen LogP contribution in [0.15, 0.2) is 12.2 Å². The molecule has 0 rings (SSSR count). The van der Waals surface area contributed by atoms with E-state index in [1.54, 1.807) is 0 Å². The van der Waals surface area contributed by atoms with E-state index in [9.17, 15) is 9.59 Å². The van der Waals surface area contributed by atoms with E-state index in [1.807, 2.05) is 32.9 Å². The van der Waals surface area contributed by atoms with Gasteiger partial charge in [0.2, 0.25) is 11.8 Å². The van der Waals surface area contributed by atoms with Gasteiger partial charge in [-0.1, -0.05) is 19.1 Å². The lowest BCUT2D eigenvalue weighted by molar-refractivity contribution is -0.144. The molecule has 0 spiro atoms. The molecule has 1 unspecified atom stereocenters. The molecule has 15 heavy (non-hydrogen) atoms. The highest BCUT2D eigenvalue weighted by Crippen LogP contribution is 2.19. The van der Waals surface area contributed by atoms with Gasteiger partial charge in [0.15, 0.2) is 0 Å². The number of nitrogens with zero attached hydrogens (tertiary/aromatic N) is 1. The Labute approximate surface area is 91.3 Å². The number of nitrogens with one attached hydrogen (secondary N) is 1. The number of hydrogen-bond donors (Lipinski definition) is 1. The van der Waals surface area contributed by atoms with Crippen molar-refractivity contribution in [3.63, 3.8) is 0 Å². The maximum Gasteiger partial charge on any atom is 0.238 e. The zero-order valence-electron chi connectivity index (χ0n) is 10.1. The van der Waals surface area contributed by atoms with Gasteiger partial charge in [0, 0.05) is 13.8 Å². The second kappa shape index (κ2) is 5.53. The highest BCUT2D eigenvalue weighted by atomic mass is 16.2. The standard InChI is InChI=1S/C11H20N2O2/c1-6-8-11(5,7-2)13(10(4)15)12-9(3)14/h6,8H,7H2,1-5H3,(H,12,14)/b8-6+. The van der Waals surface area contributed by atoms with Crippen LogP contribution >= 0.6 is 0 Å². The van der Waals surface area contributed by atoms with Gasteiger partial charge in [-0.25, -0.2) is 5.01 Å². The van der Waals surface area contributed by atoms with E-state index in [0.717, 1.165) is 6.42 Å². The summed E-state index contributed by atoms with van der Waals surface area (Å²) < 4.78 is 0. The Balaban J connectivity index is 5.01. The molecule has 0 radical (unpaired) electrons. The number of amides is 2. The van der Waals surface area contributed by atoms with Crippen LogP contribution in [0.4, 0.5) is 0 Å². The van der Waals surface area contributed by atoms with E-state index in [-0.39, 0.29) is 11.8 Å². The van der Waals surface area contributed by atoms with E-state index in [4.69, 9.17) is 0 Å². The molecule has 2 amide bonds. The first-order valence-corrected chi connectivity index (χ1v) is 5.09. The summed E-state index contributed by atoms with van der Waals surface area (Å²) in [4.78, 5) is 22.4. The van der Waals surface area contributed by atoms with Gasteiger partial charge in [0.25, 0.3) is 0 Å². The van der Waals surface area contributed by atoms with Crippen molar-refractivity contribution in [2.75, 3.05) is 0 Å². The number of carbonyl (C=O) groups is 2. The molecule has 0 fully saturated rings. The van der Waals surface area contributed by atoms with Gasteiger partial charge in [-0.3, -0.25) is 15.0 Å². The molecule has 86 valence electrons. The third kappa shape index (κ3) is 3.73. The molecule has 0 aliphatic heterocycles. The largest absolute Gasteiger partial charge is 0.274 e. The van der Waals surface area contributed by atoms with Crippen LogP contribution in [-0.2, 0) is 9.59 Å². The van der Waals surface area contributed by atoms with Gasteiger partial charge in [0.1, 0.15) is 0 Å². The summed E-state index contributed by atoms with van der Waals surface area (Å²) in [6.07, 6.45) is 4.52. The smallest absolute Gasteiger partial charge is 0.238 e. The Morgan fingerprint density at radius 1 is 1.40 bits per heavy atom. The predicted octanol–water partition coefficient (Wildman–Crippen LogP) is 1.63. The second-order valence-electron chi connectivity index (χ2n) is 3.73. The maximum absolute atomic E-state index is 11.4. The van der Waals surface area contributed by atoms with Gasteiger partial charge in [-0.05, 0) is 20.3 Å². The molecule has 0 heterocycles. The Hall–Kier alpha value is -1.32. The Kier molecular flexibility index (Phi) is 5.05. The van der Waals surface area contributed by atoms with Crippen LogP contribution < -0.4 is 5.43 Å². The Morgan fingerprint density at radius 2 is 1.93 bits per heavy atom. The van der Waals surface area contributed by atoms with Gasteiger partial charge in [-0.15, -0.1) is 0 Å². The summed E-state index contributed by atoms with van der Waals surface area (Å²) in [5.41, 5.74) is 2.08. The minimum absolute atomic E-state index is 0.173. The Morgan fingerprint density at radius 3 is 2.20 bits per heavy atom. The molecular formula is C11H20N2O2. The number of hydrogen-bond acceptors (Lipinski definition) is 2. The van der Waals surface area contributed by atoms with E-state index < -0.39 is 5.54 Å². The highest BCUT2D eigenvalue weighted by molar-refractivity contribution is 5.80. The van der Waals surface area contributed by atoms with Crippen molar-refractivity contribution in [3.05, 3.63) is 12.2 Å². The summed E-state index contributed by atoms with van der Waals surface area (Å²) >= 11 is 0. The van der Waals surface area contributed by atoms with Gasteiger partial charge >= 0.3 is 0 Å². The molecule has 4 nitrogen and oxygen atoms in total. The van der Waals surface area contributed by atoms with Crippen LogP contribution in [0.2, 0.25) is 0 Å². The van der Waals surface area contributed by atoms with Crippen LogP contribution in [0.1, 0.15) is 41.0 Å². The van der Waals surface area contributed by atoms with Crippen molar-refractivity contribution in [3.8, 4) is 0 Å². The first-order chi connectivity index (χ1) is 6.87. The van der Waals surface area contributed by atoms with Crippen molar-refractivity contribution in [2.45, 2.75) is 46.6 Å². The Bertz CT molecular complexity index is 274. The first-order valence-electron chi connectivity index (χ1n) is 5.09. The average Bonchev–Trinajstić information content (AvgIpc) is 2.13. The summed E-state index contributed by atoms with van der Waals surface area (Å²) in [6, 6.07) is 0. The molecule has 0 saturated heterocycles. The molecular weight excluding hydrogens is 192 g/mol. The van der Waals surface area contributed by atoms with E-state index in [0.29, 0.717) is 0 Å². The third-order valence-electron chi connectivity index (χ3n) is 2.34. The fourth-order valence-corrected chi connectivity index (χ4v) is 1.43. The molecule has 0 saturated carbocycles. The lowest BCUT2D eigenvalue weighted by atomic mass is 9.97. The molecule has 0 aliphatic carbocycles. The lowest BCUT2D eigenvalue weighted by Gasteiger charge is -2.37. The summed E-state index contributed by atoms with van der Waals surface area (Å²) in [5, 5.41) is 1.37. The van der Waals surface area contributed by atoms with E-state index in [1.165, 1.54) is 18.9 Å². The van der Waals surface area contributed by atoms with Crippen LogP contribution in [0, 0.1) is 0 Å². The van der Waals surface area contributed by atoms with Crippen molar-refractivity contribution < 1.29 is 9.59 Å². The molecule has 0 aromatic carbocycles. The van der Waals surface area contributed by atoms with Crippen LogP contribution in [-0.4, -0.2) is 22.4 Å². The minimum Gasteiger partial charge on any atom is -0.274 e. The average molecular weight is 212 g/mol. The lowest BCUT2D eigenvalue weighted by Crippen LogP contribution is -2.56. The molecule has 1 N–H and O–H groups in total.